The second kappa shape index (κ2) is 7.53. The lowest BCUT2D eigenvalue weighted by Crippen LogP contribution is -2.33. The van der Waals surface area contributed by atoms with E-state index in [1.54, 1.807) is 7.11 Å². The number of rotatable bonds is 6. The van der Waals surface area contributed by atoms with Crippen LogP contribution in [-0.2, 0) is 13.6 Å². The lowest BCUT2D eigenvalue weighted by molar-refractivity contribution is 0.0722. The zero-order valence-electron chi connectivity index (χ0n) is 18.1. The van der Waals surface area contributed by atoms with Crippen LogP contribution in [0, 0.1) is 13.8 Å². The Balaban J connectivity index is 1.50. The van der Waals surface area contributed by atoms with E-state index < -0.39 is 0 Å². The molecule has 7 nitrogen and oxygen atoms in total. The van der Waals surface area contributed by atoms with Gasteiger partial charge in [0, 0.05) is 48.0 Å². The number of hydrogen-bond donors (Lipinski definition) is 0. The number of hydrogen-bond acceptors (Lipinski definition) is 5. The number of nitrogens with zero attached hydrogens (tertiary/aromatic N) is 5. The molecule has 0 N–H and O–H groups in total. The van der Waals surface area contributed by atoms with Crippen molar-refractivity contribution in [3.05, 3.63) is 58.5 Å². The number of para-hydroxylation sites is 1. The van der Waals surface area contributed by atoms with Crippen LogP contribution in [0.1, 0.15) is 40.3 Å². The van der Waals surface area contributed by atoms with E-state index in [0.29, 0.717) is 18.3 Å². The first-order valence-electron chi connectivity index (χ1n) is 10.4. The fourth-order valence-corrected chi connectivity index (χ4v) is 4.89. The predicted molar refractivity (Wildman–Crippen MR) is 121 cm³/mol. The number of aryl methyl sites for hydroxylation is 2. The summed E-state index contributed by atoms with van der Waals surface area (Å²) in [5, 5.41) is 6.43. The molecule has 0 spiro atoms. The van der Waals surface area contributed by atoms with E-state index in [-0.39, 0.29) is 5.91 Å². The van der Waals surface area contributed by atoms with Crippen molar-refractivity contribution in [2.24, 2.45) is 7.05 Å². The van der Waals surface area contributed by atoms with Gasteiger partial charge in [-0.15, -0.1) is 11.3 Å². The Morgan fingerprint density at radius 1 is 1.29 bits per heavy atom. The van der Waals surface area contributed by atoms with Gasteiger partial charge >= 0.3 is 0 Å². The summed E-state index contributed by atoms with van der Waals surface area (Å²) in [6.07, 6.45) is 4.03. The van der Waals surface area contributed by atoms with Crippen LogP contribution in [0.15, 0.2) is 35.8 Å². The van der Waals surface area contributed by atoms with Crippen LogP contribution in [-0.4, -0.2) is 43.1 Å². The summed E-state index contributed by atoms with van der Waals surface area (Å²) >= 11 is 1.48. The minimum Gasteiger partial charge on any atom is -0.496 e. The molecule has 0 bridgehead atoms. The van der Waals surface area contributed by atoms with Crippen molar-refractivity contribution in [3.8, 4) is 17.0 Å². The number of imidazole rings is 1. The number of thiazole rings is 1. The SMILES string of the molecule is COc1ccccc1-c1cn2c(C(=O)N(Cc3c(C)nn(C)c3C)C3CC3)csc2n1. The van der Waals surface area contributed by atoms with Gasteiger partial charge in [0.2, 0.25) is 0 Å². The molecule has 0 unspecified atom stereocenters. The summed E-state index contributed by atoms with van der Waals surface area (Å²) in [5.41, 5.74) is 5.59. The van der Waals surface area contributed by atoms with Crippen LogP contribution in [0.2, 0.25) is 0 Å². The second-order valence-electron chi connectivity index (χ2n) is 8.04. The van der Waals surface area contributed by atoms with E-state index in [2.05, 4.69) is 12.0 Å². The number of fused-ring (bicyclic) bond motifs is 1. The molecular formula is C23H25N5O2S. The summed E-state index contributed by atoms with van der Waals surface area (Å²) in [7, 11) is 3.60. The fourth-order valence-electron chi connectivity index (χ4n) is 4.04. The van der Waals surface area contributed by atoms with Crippen molar-refractivity contribution in [1.29, 1.82) is 0 Å². The molecule has 5 rings (SSSR count). The van der Waals surface area contributed by atoms with Crippen molar-refractivity contribution < 1.29 is 9.53 Å². The molecule has 1 aliphatic carbocycles. The molecule has 31 heavy (non-hydrogen) atoms. The van der Waals surface area contributed by atoms with E-state index in [1.807, 2.05) is 63.8 Å². The zero-order valence-corrected chi connectivity index (χ0v) is 18.9. The third kappa shape index (κ3) is 3.40. The average Bonchev–Trinajstić information content (AvgIpc) is 3.32. The van der Waals surface area contributed by atoms with Gasteiger partial charge in [0.15, 0.2) is 4.96 Å². The monoisotopic (exact) mass is 435 g/mol. The maximum absolute atomic E-state index is 13.6. The lowest BCUT2D eigenvalue weighted by atomic mass is 10.1. The predicted octanol–water partition coefficient (Wildman–Crippen LogP) is 4.23. The van der Waals surface area contributed by atoms with Gasteiger partial charge in [0.25, 0.3) is 5.91 Å². The maximum Gasteiger partial charge on any atom is 0.272 e. The van der Waals surface area contributed by atoms with E-state index in [4.69, 9.17) is 9.72 Å². The first-order chi connectivity index (χ1) is 15.0. The van der Waals surface area contributed by atoms with Gasteiger partial charge in [-0.05, 0) is 38.8 Å². The largest absolute Gasteiger partial charge is 0.496 e. The van der Waals surface area contributed by atoms with Gasteiger partial charge < -0.3 is 9.64 Å². The standard InChI is InChI=1S/C23H25N5O2S/c1-14-18(15(2)26(3)25-14)11-27(16-9-10-16)22(29)20-13-31-23-24-19(12-28(20)23)17-7-5-6-8-21(17)30-4/h5-8,12-13,16H,9-11H2,1-4H3. The minimum atomic E-state index is 0.0420. The molecule has 1 aliphatic rings. The van der Waals surface area contributed by atoms with Gasteiger partial charge in [0.05, 0.1) is 18.5 Å². The van der Waals surface area contributed by atoms with Crippen LogP contribution >= 0.6 is 11.3 Å². The van der Waals surface area contributed by atoms with Crippen molar-refractivity contribution in [2.75, 3.05) is 7.11 Å². The van der Waals surface area contributed by atoms with E-state index in [0.717, 1.165) is 51.8 Å². The topological polar surface area (TPSA) is 64.7 Å². The molecule has 1 aromatic carbocycles. The highest BCUT2D eigenvalue weighted by atomic mass is 32.1. The molecule has 1 fully saturated rings. The molecule has 4 aromatic rings. The Hall–Kier alpha value is -3.13. The van der Waals surface area contributed by atoms with Crippen molar-refractivity contribution in [2.45, 2.75) is 39.3 Å². The highest BCUT2D eigenvalue weighted by Crippen LogP contribution is 2.34. The summed E-state index contributed by atoms with van der Waals surface area (Å²) in [6.45, 7) is 4.65. The molecule has 0 atom stereocenters. The van der Waals surface area contributed by atoms with E-state index in [1.165, 1.54) is 11.3 Å². The number of methoxy groups -OCH3 is 1. The van der Waals surface area contributed by atoms with Crippen LogP contribution < -0.4 is 4.74 Å². The summed E-state index contributed by atoms with van der Waals surface area (Å²) in [6, 6.07) is 8.09. The van der Waals surface area contributed by atoms with Crippen LogP contribution in [0.4, 0.5) is 0 Å². The highest BCUT2D eigenvalue weighted by molar-refractivity contribution is 7.15. The van der Waals surface area contributed by atoms with Gasteiger partial charge in [0.1, 0.15) is 11.4 Å². The van der Waals surface area contributed by atoms with Gasteiger partial charge in [-0.25, -0.2) is 4.98 Å². The van der Waals surface area contributed by atoms with Gasteiger partial charge in [-0.3, -0.25) is 13.9 Å². The minimum absolute atomic E-state index is 0.0420. The molecule has 160 valence electrons. The highest BCUT2D eigenvalue weighted by Gasteiger charge is 2.35. The number of aromatic nitrogens is 4. The normalized spacial score (nSPS) is 13.7. The fraction of sp³-hybridized carbons (Fsp3) is 0.348. The van der Waals surface area contributed by atoms with Crippen molar-refractivity contribution in [3.63, 3.8) is 0 Å². The Bertz CT molecular complexity index is 1280. The van der Waals surface area contributed by atoms with Crippen LogP contribution in [0.25, 0.3) is 16.2 Å². The Kier molecular flexibility index (Phi) is 4.81. The quantitative estimate of drug-likeness (QED) is 0.455. The Morgan fingerprint density at radius 3 is 2.74 bits per heavy atom. The summed E-state index contributed by atoms with van der Waals surface area (Å²) < 4.78 is 9.29. The molecule has 1 saturated carbocycles. The molecule has 3 aromatic heterocycles. The van der Waals surface area contributed by atoms with Crippen LogP contribution in [0.5, 0.6) is 5.75 Å². The molecule has 0 aliphatic heterocycles. The van der Waals surface area contributed by atoms with Crippen LogP contribution in [0.3, 0.4) is 0 Å². The maximum atomic E-state index is 13.6. The molecular weight excluding hydrogens is 410 g/mol. The van der Waals surface area contributed by atoms with Gasteiger partial charge in [-0.2, -0.15) is 5.10 Å². The third-order valence-electron chi connectivity index (χ3n) is 6.05. The molecule has 0 radical (unpaired) electrons. The average molecular weight is 436 g/mol. The molecule has 0 saturated heterocycles. The smallest absolute Gasteiger partial charge is 0.272 e. The number of carbonyl (C=O) groups is 1. The van der Waals surface area contributed by atoms with Crippen molar-refractivity contribution >= 4 is 22.2 Å². The third-order valence-corrected chi connectivity index (χ3v) is 6.89. The number of benzene rings is 1. The van der Waals surface area contributed by atoms with E-state index >= 15 is 0 Å². The second-order valence-corrected chi connectivity index (χ2v) is 8.87. The molecule has 1 amide bonds. The lowest BCUT2D eigenvalue weighted by Gasteiger charge is -2.22. The zero-order chi connectivity index (χ0) is 21.7. The summed E-state index contributed by atoms with van der Waals surface area (Å²) in [5.74, 6) is 0.809. The van der Waals surface area contributed by atoms with Gasteiger partial charge in [-0.1, -0.05) is 12.1 Å². The first kappa shape index (κ1) is 19.8. The molecule has 8 heteroatoms. The number of ether oxygens (including phenoxy) is 1. The number of amides is 1. The Morgan fingerprint density at radius 2 is 2.06 bits per heavy atom. The molecule has 3 heterocycles. The Labute approximate surface area is 184 Å². The summed E-state index contributed by atoms with van der Waals surface area (Å²) in [4.78, 5) is 21.2. The van der Waals surface area contributed by atoms with E-state index in [9.17, 15) is 4.79 Å². The van der Waals surface area contributed by atoms with Crippen molar-refractivity contribution in [1.82, 2.24) is 24.1 Å². The number of carbonyl (C=O) groups excluding carboxylic acids is 1. The first-order valence-corrected chi connectivity index (χ1v) is 11.3.